The van der Waals surface area contributed by atoms with Crippen molar-refractivity contribution in [1.29, 1.82) is 0 Å². The number of hydrogen-bond donors (Lipinski definition) is 1. The van der Waals surface area contributed by atoms with Crippen molar-refractivity contribution < 1.29 is 18.0 Å². The van der Waals surface area contributed by atoms with E-state index in [0.29, 0.717) is 15.7 Å². The van der Waals surface area contributed by atoms with Crippen LogP contribution in [0.25, 0.3) is 0 Å². The number of nitrogens with one attached hydrogen (secondary N) is 1. The average molecular weight is 543 g/mol. The molecule has 1 N–H and O–H groups in total. The Balaban J connectivity index is 2.20. The zero-order valence-electron chi connectivity index (χ0n) is 20.7. The molecule has 0 aromatic heterocycles. The molecular weight excluding hydrogens is 509 g/mol. The Labute approximate surface area is 218 Å². The molecule has 0 aliphatic heterocycles. The molecule has 10 heteroatoms. The van der Waals surface area contributed by atoms with Crippen molar-refractivity contribution in [2.75, 3.05) is 17.1 Å². The van der Waals surface area contributed by atoms with Gasteiger partial charge in [0.25, 0.3) is 0 Å². The fourth-order valence-electron chi connectivity index (χ4n) is 3.50. The second-order valence-corrected chi connectivity index (χ2v) is 12.2. The van der Waals surface area contributed by atoms with Crippen LogP contribution in [0.5, 0.6) is 0 Å². The highest BCUT2D eigenvalue weighted by molar-refractivity contribution is 7.92. The van der Waals surface area contributed by atoms with E-state index in [4.69, 9.17) is 23.2 Å². The van der Waals surface area contributed by atoms with E-state index in [2.05, 4.69) is 5.32 Å². The number of anilines is 1. The SMILES string of the molecule is C[C@@H](C(=O)NC(C)(C)C)N(Cc1ccccc1Cl)C(=O)CCCN(c1cccc(Cl)c1)S(C)(=O)=O. The molecule has 0 heterocycles. The predicted octanol–water partition coefficient (Wildman–Crippen LogP) is 4.87. The van der Waals surface area contributed by atoms with Crippen molar-refractivity contribution in [3.05, 3.63) is 64.1 Å². The molecule has 2 amide bonds. The van der Waals surface area contributed by atoms with Crippen molar-refractivity contribution >= 4 is 50.7 Å². The first kappa shape index (κ1) is 28.9. The number of halogens is 2. The van der Waals surface area contributed by atoms with E-state index in [1.807, 2.05) is 32.9 Å². The van der Waals surface area contributed by atoms with E-state index in [1.54, 1.807) is 43.3 Å². The molecule has 0 saturated carbocycles. The summed E-state index contributed by atoms with van der Waals surface area (Å²) in [4.78, 5) is 27.7. The van der Waals surface area contributed by atoms with Gasteiger partial charge in [-0.2, -0.15) is 0 Å². The first-order valence-electron chi connectivity index (χ1n) is 11.3. The molecule has 35 heavy (non-hydrogen) atoms. The third-order valence-corrected chi connectivity index (χ3v) is 7.01. The number of amides is 2. The topological polar surface area (TPSA) is 86.8 Å². The second-order valence-electron chi connectivity index (χ2n) is 9.45. The van der Waals surface area contributed by atoms with Crippen LogP contribution in [0.2, 0.25) is 10.0 Å². The van der Waals surface area contributed by atoms with Crippen LogP contribution in [0.4, 0.5) is 5.69 Å². The van der Waals surface area contributed by atoms with E-state index in [1.165, 1.54) is 9.21 Å². The summed E-state index contributed by atoms with van der Waals surface area (Å²) in [6.07, 6.45) is 1.41. The summed E-state index contributed by atoms with van der Waals surface area (Å²) in [6.45, 7) is 7.52. The molecule has 0 bridgehead atoms. The van der Waals surface area contributed by atoms with Crippen molar-refractivity contribution in [2.45, 2.75) is 58.7 Å². The monoisotopic (exact) mass is 541 g/mol. The average Bonchev–Trinajstić information content (AvgIpc) is 2.73. The second kappa shape index (κ2) is 12.1. The number of nitrogens with zero attached hydrogens (tertiary/aromatic N) is 2. The van der Waals surface area contributed by atoms with Crippen LogP contribution in [-0.4, -0.2) is 49.5 Å². The number of carbonyl (C=O) groups is 2. The Morgan fingerprint density at radius 1 is 1.06 bits per heavy atom. The van der Waals surface area contributed by atoms with Gasteiger partial charge in [-0.05, 0) is 63.9 Å². The van der Waals surface area contributed by atoms with E-state index in [-0.39, 0.29) is 37.7 Å². The Kier molecular flexibility index (Phi) is 10.0. The van der Waals surface area contributed by atoms with Gasteiger partial charge in [-0.15, -0.1) is 0 Å². The number of hydrogen-bond acceptors (Lipinski definition) is 4. The van der Waals surface area contributed by atoms with Crippen LogP contribution >= 0.6 is 23.2 Å². The summed E-state index contributed by atoms with van der Waals surface area (Å²) in [5, 5.41) is 3.82. The smallest absolute Gasteiger partial charge is 0.242 e. The largest absolute Gasteiger partial charge is 0.350 e. The van der Waals surface area contributed by atoms with Gasteiger partial charge in [0.2, 0.25) is 21.8 Å². The summed E-state index contributed by atoms with van der Waals surface area (Å²) >= 11 is 12.4. The van der Waals surface area contributed by atoms with Crippen LogP contribution in [0.15, 0.2) is 48.5 Å². The zero-order chi connectivity index (χ0) is 26.4. The minimum Gasteiger partial charge on any atom is -0.350 e. The van der Waals surface area contributed by atoms with Gasteiger partial charge in [-0.3, -0.25) is 13.9 Å². The maximum Gasteiger partial charge on any atom is 0.242 e. The summed E-state index contributed by atoms with van der Waals surface area (Å²) < 4.78 is 26.0. The first-order chi connectivity index (χ1) is 16.2. The van der Waals surface area contributed by atoms with E-state index >= 15 is 0 Å². The summed E-state index contributed by atoms with van der Waals surface area (Å²) in [7, 11) is -3.59. The van der Waals surface area contributed by atoms with Gasteiger partial charge in [0, 0.05) is 35.1 Å². The molecule has 7 nitrogen and oxygen atoms in total. The van der Waals surface area contributed by atoms with Gasteiger partial charge in [0.05, 0.1) is 11.9 Å². The first-order valence-corrected chi connectivity index (χ1v) is 13.9. The van der Waals surface area contributed by atoms with Gasteiger partial charge < -0.3 is 10.2 Å². The third-order valence-electron chi connectivity index (χ3n) is 5.21. The highest BCUT2D eigenvalue weighted by Crippen LogP contribution is 2.23. The molecule has 2 aromatic rings. The zero-order valence-corrected chi connectivity index (χ0v) is 23.0. The van der Waals surface area contributed by atoms with E-state index in [0.717, 1.165) is 11.8 Å². The quantitative estimate of drug-likeness (QED) is 0.464. The van der Waals surface area contributed by atoms with E-state index < -0.39 is 21.6 Å². The lowest BCUT2D eigenvalue weighted by atomic mass is 10.1. The number of rotatable bonds is 10. The predicted molar refractivity (Wildman–Crippen MR) is 142 cm³/mol. The summed E-state index contributed by atoms with van der Waals surface area (Å²) in [5.74, 6) is -0.560. The molecule has 2 aromatic carbocycles. The van der Waals surface area contributed by atoms with Gasteiger partial charge in [-0.1, -0.05) is 47.5 Å². The Morgan fingerprint density at radius 3 is 2.29 bits per heavy atom. The Hall–Kier alpha value is -2.29. The van der Waals surface area contributed by atoms with Gasteiger partial charge >= 0.3 is 0 Å². The van der Waals surface area contributed by atoms with Crippen LogP contribution in [0, 0.1) is 0 Å². The molecule has 0 fully saturated rings. The Bertz CT molecular complexity index is 1150. The molecule has 192 valence electrons. The van der Waals surface area contributed by atoms with Gasteiger partial charge in [-0.25, -0.2) is 8.42 Å². The lowest BCUT2D eigenvalue weighted by Gasteiger charge is -2.32. The van der Waals surface area contributed by atoms with Crippen LogP contribution < -0.4 is 9.62 Å². The molecule has 1 atom stereocenters. The standard InChI is InChI=1S/C25H33Cl2N3O4S/c1-18(24(32)28-25(2,3)4)29(17-19-10-6-7-13-22(19)27)23(31)14-9-15-30(35(5,33)34)21-12-8-11-20(26)16-21/h6-8,10-13,16,18H,9,14-15,17H2,1-5H3,(H,28,32)/t18-/m0/s1. The normalized spacial score (nSPS) is 12.7. The van der Waals surface area contributed by atoms with Crippen molar-refractivity contribution in [3.8, 4) is 0 Å². The lowest BCUT2D eigenvalue weighted by molar-refractivity contribution is -0.141. The molecular formula is C25H33Cl2N3O4S. The van der Waals surface area contributed by atoms with Crippen LogP contribution in [0.1, 0.15) is 46.1 Å². The van der Waals surface area contributed by atoms with Gasteiger partial charge in [0.15, 0.2) is 0 Å². The number of sulfonamides is 1. The Morgan fingerprint density at radius 2 is 1.71 bits per heavy atom. The molecule has 0 unspecified atom stereocenters. The maximum atomic E-state index is 13.3. The molecule has 0 aliphatic carbocycles. The molecule has 0 saturated heterocycles. The number of benzene rings is 2. The van der Waals surface area contributed by atoms with Crippen LogP contribution in [0.3, 0.4) is 0 Å². The minimum absolute atomic E-state index is 0.0458. The summed E-state index contributed by atoms with van der Waals surface area (Å²) in [6, 6.07) is 12.9. The third kappa shape index (κ3) is 9.02. The molecule has 2 rings (SSSR count). The molecule has 0 radical (unpaired) electrons. The minimum atomic E-state index is -3.59. The fraction of sp³-hybridized carbons (Fsp3) is 0.440. The lowest BCUT2D eigenvalue weighted by Crippen LogP contribution is -2.52. The fourth-order valence-corrected chi connectivity index (χ4v) is 4.84. The highest BCUT2D eigenvalue weighted by atomic mass is 35.5. The van der Waals surface area contributed by atoms with Crippen molar-refractivity contribution in [3.63, 3.8) is 0 Å². The molecule has 0 spiro atoms. The highest BCUT2D eigenvalue weighted by Gasteiger charge is 2.29. The van der Waals surface area contributed by atoms with Crippen molar-refractivity contribution in [2.24, 2.45) is 0 Å². The van der Waals surface area contributed by atoms with Crippen LogP contribution in [-0.2, 0) is 26.2 Å². The molecule has 0 aliphatic rings. The maximum absolute atomic E-state index is 13.3. The van der Waals surface area contributed by atoms with Gasteiger partial charge in [0.1, 0.15) is 6.04 Å². The van der Waals surface area contributed by atoms with Crippen molar-refractivity contribution in [1.82, 2.24) is 10.2 Å². The summed E-state index contributed by atoms with van der Waals surface area (Å²) in [5.41, 5.74) is 0.685. The van der Waals surface area contributed by atoms with E-state index in [9.17, 15) is 18.0 Å². The number of carbonyl (C=O) groups excluding carboxylic acids is 2.